The second-order valence-corrected chi connectivity index (χ2v) is 2.39. The fraction of sp³-hybridized carbons (Fsp3) is 0.200. The molecule has 0 saturated heterocycles. The molecule has 0 amide bonds. The lowest BCUT2D eigenvalue weighted by Gasteiger charge is -2.01. The van der Waals surface area contributed by atoms with Gasteiger partial charge in [-0.05, 0) is 6.07 Å². The first-order valence-corrected chi connectivity index (χ1v) is 3.81. The van der Waals surface area contributed by atoms with Crippen LogP contribution in [0.3, 0.4) is 0 Å². The first-order valence-electron chi connectivity index (χ1n) is 3.81. The Kier molecular flexibility index (Phi) is 3.41. The van der Waals surface area contributed by atoms with Gasteiger partial charge < -0.3 is 5.73 Å². The quantitative estimate of drug-likeness (QED) is 0.658. The summed E-state index contributed by atoms with van der Waals surface area (Å²) in [7, 11) is 0. The highest BCUT2D eigenvalue weighted by Crippen LogP contribution is 2.21. The van der Waals surface area contributed by atoms with E-state index in [2.05, 4.69) is 11.8 Å². The maximum absolute atomic E-state index is 12.4. The zero-order valence-electron chi connectivity index (χ0n) is 6.93. The number of hydrogen-bond acceptors (Lipinski definition) is 1. The molecule has 0 bridgehead atoms. The summed E-state index contributed by atoms with van der Waals surface area (Å²) in [4.78, 5) is 0. The van der Waals surface area contributed by atoms with E-state index in [-0.39, 0.29) is 12.1 Å². The SMILES string of the molecule is NCC#Cc1ccccc1C(F)F. The van der Waals surface area contributed by atoms with Crippen LogP contribution in [0, 0.1) is 11.8 Å². The number of nitrogens with two attached hydrogens (primary N) is 1. The average molecular weight is 181 g/mol. The van der Waals surface area contributed by atoms with Gasteiger partial charge in [0.2, 0.25) is 0 Å². The molecule has 0 atom stereocenters. The minimum absolute atomic E-state index is 0.0385. The third kappa shape index (κ3) is 2.53. The van der Waals surface area contributed by atoms with Crippen molar-refractivity contribution >= 4 is 0 Å². The Labute approximate surface area is 75.6 Å². The van der Waals surface area contributed by atoms with Gasteiger partial charge in [-0.15, -0.1) is 0 Å². The van der Waals surface area contributed by atoms with E-state index in [1.807, 2.05) is 0 Å². The summed E-state index contributed by atoms with van der Waals surface area (Å²) in [6.45, 7) is 0.178. The van der Waals surface area contributed by atoms with Gasteiger partial charge in [-0.1, -0.05) is 30.0 Å². The van der Waals surface area contributed by atoms with Gasteiger partial charge in [0, 0.05) is 11.1 Å². The van der Waals surface area contributed by atoms with Crippen molar-refractivity contribution in [1.29, 1.82) is 0 Å². The Bertz CT molecular complexity index is 336. The third-order valence-electron chi connectivity index (χ3n) is 1.52. The lowest BCUT2D eigenvalue weighted by molar-refractivity contribution is 0.151. The van der Waals surface area contributed by atoms with Gasteiger partial charge in [0.15, 0.2) is 0 Å². The molecule has 0 heterocycles. The molecule has 13 heavy (non-hydrogen) atoms. The van der Waals surface area contributed by atoms with E-state index in [0.717, 1.165) is 0 Å². The molecule has 1 aromatic rings. The van der Waals surface area contributed by atoms with Gasteiger partial charge >= 0.3 is 0 Å². The Balaban J connectivity index is 3.05. The van der Waals surface area contributed by atoms with Crippen molar-refractivity contribution in [2.45, 2.75) is 6.43 Å². The van der Waals surface area contributed by atoms with Crippen molar-refractivity contribution in [3.05, 3.63) is 35.4 Å². The highest BCUT2D eigenvalue weighted by atomic mass is 19.3. The molecule has 0 radical (unpaired) electrons. The molecule has 0 spiro atoms. The zero-order chi connectivity index (χ0) is 9.68. The molecule has 3 heteroatoms. The smallest absolute Gasteiger partial charge is 0.265 e. The van der Waals surface area contributed by atoms with Crippen LogP contribution in [-0.2, 0) is 0 Å². The van der Waals surface area contributed by atoms with Crippen molar-refractivity contribution < 1.29 is 8.78 Å². The van der Waals surface area contributed by atoms with Crippen LogP contribution in [0.15, 0.2) is 24.3 Å². The van der Waals surface area contributed by atoms with Gasteiger partial charge in [0.25, 0.3) is 6.43 Å². The minimum Gasteiger partial charge on any atom is -0.320 e. The summed E-state index contributed by atoms with van der Waals surface area (Å²) in [6, 6.07) is 6.16. The molecule has 1 nitrogen and oxygen atoms in total. The molecule has 68 valence electrons. The van der Waals surface area contributed by atoms with Gasteiger partial charge in [0.1, 0.15) is 0 Å². The normalized spacial score (nSPS) is 9.54. The largest absolute Gasteiger partial charge is 0.320 e. The van der Waals surface area contributed by atoms with E-state index >= 15 is 0 Å². The highest BCUT2D eigenvalue weighted by molar-refractivity contribution is 5.41. The van der Waals surface area contributed by atoms with Crippen molar-refractivity contribution in [3.63, 3.8) is 0 Å². The van der Waals surface area contributed by atoms with Crippen molar-refractivity contribution in [2.75, 3.05) is 6.54 Å². The van der Waals surface area contributed by atoms with Crippen LogP contribution in [0.1, 0.15) is 17.6 Å². The summed E-state index contributed by atoms with van der Waals surface area (Å²) in [6.07, 6.45) is -2.48. The Morgan fingerprint density at radius 3 is 2.62 bits per heavy atom. The maximum Gasteiger partial charge on any atom is 0.265 e. The monoisotopic (exact) mass is 181 g/mol. The minimum atomic E-state index is -2.48. The lowest BCUT2D eigenvalue weighted by atomic mass is 10.1. The maximum atomic E-state index is 12.4. The number of alkyl halides is 2. The first kappa shape index (κ1) is 9.69. The second kappa shape index (κ2) is 4.58. The number of benzene rings is 1. The van der Waals surface area contributed by atoms with E-state index < -0.39 is 6.43 Å². The van der Waals surface area contributed by atoms with Gasteiger partial charge in [-0.3, -0.25) is 0 Å². The molecule has 0 aliphatic rings. The Hall–Kier alpha value is -1.40. The molecule has 0 aliphatic heterocycles. The number of hydrogen-bond donors (Lipinski definition) is 1. The molecule has 2 N–H and O–H groups in total. The molecule has 1 rings (SSSR count). The van der Waals surface area contributed by atoms with Crippen molar-refractivity contribution in [2.24, 2.45) is 5.73 Å². The predicted octanol–water partition coefficient (Wildman–Crippen LogP) is 1.93. The van der Waals surface area contributed by atoms with Crippen molar-refractivity contribution in [1.82, 2.24) is 0 Å². The van der Waals surface area contributed by atoms with Crippen LogP contribution in [0.25, 0.3) is 0 Å². The predicted molar refractivity (Wildman–Crippen MR) is 47.3 cm³/mol. The summed E-state index contributed by atoms with van der Waals surface area (Å²) in [5.74, 6) is 5.14. The van der Waals surface area contributed by atoms with E-state index in [4.69, 9.17) is 5.73 Å². The fourth-order valence-corrected chi connectivity index (χ4v) is 0.947. The van der Waals surface area contributed by atoms with Crippen LogP contribution in [0.5, 0.6) is 0 Å². The zero-order valence-corrected chi connectivity index (χ0v) is 6.93. The summed E-state index contributed by atoms with van der Waals surface area (Å²) < 4.78 is 24.7. The summed E-state index contributed by atoms with van der Waals surface area (Å²) >= 11 is 0. The van der Waals surface area contributed by atoms with Gasteiger partial charge in [0.05, 0.1) is 6.54 Å². The van der Waals surface area contributed by atoms with Crippen LogP contribution >= 0.6 is 0 Å². The molecule has 0 fully saturated rings. The molecule has 0 aliphatic carbocycles. The van der Waals surface area contributed by atoms with Crippen LogP contribution in [0.4, 0.5) is 8.78 Å². The van der Waals surface area contributed by atoms with Crippen LogP contribution in [-0.4, -0.2) is 6.54 Å². The average Bonchev–Trinajstić information content (AvgIpc) is 2.15. The molecule has 1 aromatic carbocycles. The van der Waals surface area contributed by atoms with E-state index in [1.165, 1.54) is 6.07 Å². The summed E-state index contributed by atoms with van der Waals surface area (Å²) in [5, 5.41) is 0. The molecular formula is C10H9F2N. The number of halogens is 2. The number of rotatable bonds is 1. The van der Waals surface area contributed by atoms with Crippen LogP contribution in [0.2, 0.25) is 0 Å². The first-order chi connectivity index (χ1) is 6.25. The van der Waals surface area contributed by atoms with E-state index in [9.17, 15) is 8.78 Å². The third-order valence-corrected chi connectivity index (χ3v) is 1.52. The van der Waals surface area contributed by atoms with E-state index in [1.54, 1.807) is 18.2 Å². The lowest BCUT2D eigenvalue weighted by Crippen LogP contribution is -1.94. The summed E-state index contributed by atoms with van der Waals surface area (Å²) in [5.41, 5.74) is 5.45. The molecular weight excluding hydrogens is 172 g/mol. The van der Waals surface area contributed by atoms with Crippen molar-refractivity contribution in [3.8, 4) is 11.8 Å². The topological polar surface area (TPSA) is 26.0 Å². The standard InChI is InChI=1S/C10H9F2N/c11-10(12)9-6-2-1-4-8(9)5-3-7-13/h1-2,4,6,10H,7,13H2. The van der Waals surface area contributed by atoms with Gasteiger partial charge in [-0.25, -0.2) is 8.78 Å². The van der Waals surface area contributed by atoms with Crippen LogP contribution < -0.4 is 5.73 Å². The molecule has 0 unspecified atom stereocenters. The second-order valence-electron chi connectivity index (χ2n) is 2.39. The highest BCUT2D eigenvalue weighted by Gasteiger charge is 2.09. The van der Waals surface area contributed by atoms with Gasteiger partial charge in [-0.2, -0.15) is 0 Å². The Morgan fingerprint density at radius 2 is 2.00 bits per heavy atom. The van der Waals surface area contributed by atoms with E-state index in [0.29, 0.717) is 5.56 Å². The molecule has 0 aromatic heterocycles. The molecule has 0 saturated carbocycles. The fourth-order valence-electron chi connectivity index (χ4n) is 0.947. The Morgan fingerprint density at radius 1 is 1.31 bits per heavy atom.